The van der Waals surface area contributed by atoms with Gasteiger partial charge >= 0.3 is 0 Å². The van der Waals surface area contributed by atoms with E-state index in [-0.39, 0.29) is 6.16 Å². The molecule has 0 amide bonds. The fraction of sp³-hybridized carbons (Fsp3) is 0.400. The third kappa shape index (κ3) is 1.42. The lowest BCUT2D eigenvalue weighted by Crippen LogP contribution is -2.05. The summed E-state index contributed by atoms with van der Waals surface area (Å²) in [4.78, 5) is 0. The molecule has 3 nitrogen and oxygen atoms in total. The van der Waals surface area contributed by atoms with E-state index in [1.807, 2.05) is 19.1 Å². The number of hydrogen-bond acceptors (Lipinski definition) is 3. The predicted molar refractivity (Wildman–Crippen MR) is 55.1 cm³/mol. The van der Waals surface area contributed by atoms with Gasteiger partial charge < -0.3 is 9.63 Å². The van der Waals surface area contributed by atoms with Crippen molar-refractivity contribution in [3.8, 4) is 0 Å². The van der Waals surface area contributed by atoms with Gasteiger partial charge in [0.1, 0.15) is 0 Å². The molecule has 0 aliphatic carbocycles. The summed E-state index contributed by atoms with van der Waals surface area (Å²) in [7, 11) is -2.77. The topological polar surface area (TPSA) is 46.5 Å². The molecule has 1 N–H and O–H groups in total. The van der Waals surface area contributed by atoms with E-state index < -0.39 is 13.5 Å². The molecule has 4 heteroatoms. The summed E-state index contributed by atoms with van der Waals surface area (Å²) in [5, 5.41) is 10.4. The highest BCUT2D eigenvalue weighted by Crippen LogP contribution is 2.54. The molecule has 1 aliphatic heterocycles. The van der Waals surface area contributed by atoms with E-state index >= 15 is 0 Å². The van der Waals surface area contributed by atoms with Crippen molar-refractivity contribution in [2.24, 2.45) is 0 Å². The highest BCUT2D eigenvalue weighted by atomic mass is 31.2. The highest BCUT2D eigenvalue weighted by Gasteiger charge is 2.39. The Morgan fingerprint density at radius 3 is 3.00 bits per heavy atom. The molecule has 0 aromatic heterocycles. The average Bonchev–Trinajstić information content (AvgIpc) is 2.41. The summed E-state index contributed by atoms with van der Waals surface area (Å²) in [5.41, 5.74) is 0.754. The first-order valence-corrected chi connectivity index (χ1v) is 6.49. The summed E-state index contributed by atoms with van der Waals surface area (Å²) in [6, 6.07) is 7.24. The molecule has 1 aromatic rings. The normalized spacial score (nSPS) is 30.3. The van der Waals surface area contributed by atoms with Crippen molar-refractivity contribution >= 4 is 12.7 Å². The van der Waals surface area contributed by atoms with Crippen LogP contribution in [0.25, 0.3) is 0 Å². The lowest BCUT2D eigenvalue weighted by molar-refractivity contribution is 0.202. The van der Waals surface area contributed by atoms with E-state index in [4.69, 9.17) is 4.52 Å². The molecule has 1 aromatic carbocycles. The maximum atomic E-state index is 12.3. The number of aliphatic hydroxyl groups is 1. The quantitative estimate of drug-likeness (QED) is 0.758. The lowest BCUT2D eigenvalue weighted by Gasteiger charge is -2.11. The Balaban J connectivity index is 2.48. The molecule has 0 fully saturated rings. The van der Waals surface area contributed by atoms with E-state index in [0.29, 0.717) is 11.9 Å². The monoisotopic (exact) mass is 212 g/mol. The molecule has 14 heavy (non-hydrogen) atoms. The van der Waals surface area contributed by atoms with Crippen LogP contribution in [-0.2, 0) is 9.09 Å². The molecular formula is C10H13O3P. The number of rotatable bonds is 2. The van der Waals surface area contributed by atoms with E-state index in [1.165, 1.54) is 0 Å². The molecule has 0 bridgehead atoms. The van der Waals surface area contributed by atoms with Gasteiger partial charge in [-0.3, -0.25) is 4.57 Å². The van der Waals surface area contributed by atoms with Crippen molar-refractivity contribution in [3.63, 3.8) is 0 Å². The molecule has 76 valence electrons. The molecular weight excluding hydrogens is 199 g/mol. The second-order valence-electron chi connectivity index (χ2n) is 3.35. The van der Waals surface area contributed by atoms with Gasteiger partial charge in [0, 0.05) is 5.30 Å². The van der Waals surface area contributed by atoms with Gasteiger partial charge in [-0.1, -0.05) is 18.2 Å². The molecule has 0 spiro atoms. The Kier molecular flexibility index (Phi) is 2.48. The number of fused-ring (bicyclic) bond motifs is 1. The number of benzene rings is 1. The van der Waals surface area contributed by atoms with Gasteiger partial charge in [0.2, 0.25) is 7.37 Å². The molecule has 2 unspecified atom stereocenters. The van der Waals surface area contributed by atoms with Crippen molar-refractivity contribution < 1.29 is 14.2 Å². The van der Waals surface area contributed by atoms with Crippen LogP contribution in [0.1, 0.15) is 18.6 Å². The summed E-state index contributed by atoms with van der Waals surface area (Å²) in [6.07, 6.45) is -0.413. The Hall–Kier alpha value is -0.630. The van der Waals surface area contributed by atoms with Crippen LogP contribution in [0.3, 0.4) is 0 Å². The molecule has 2 rings (SSSR count). The third-order valence-electron chi connectivity index (χ3n) is 2.41. The smallest absolute Gasteiger partial charge is 0.235 e. The van der Waals surface area contributed by atoms with Crippen LogP contribution in [0.4, 0.5) is 0 Å². The Labute approximate surface area is 83.2 Å². The van der Waals surface area contributed by atoms with Gasteiger partial charge in [0.25, 0.3) is 0 Å². The minimum Gasteiger partial charge on any atom is -0.388 e. The predicted octanol–water partition coefficient (Wildman–Crippen LogP) is 1.67. The van der Waals surface area contributed by atoms with Gasteiger partial charge in [0.05, 0.1) is 18.9 Å². The van der Waals surface area contributed by atoms with E-state index in [1.54, 1.807) is 12.1 Å². The zero-order valence-electron chi connectivity index (χ0n) is 8.01. The van der Waals surface area contributed by atoms with Crippen molar-refractivity contribution in [2.75, 3.05) is 12.8 Å². The lowest BCUT2D eigenvalue weighted by atomic mass is 10.1. The van der Waals surface area contributed by atoms with Gasteiger partial charge in [-0.25, -0.2) is 0 Å². The van der Waals surface area contributed by atoms with Crippen molar-refractivity contribution in [3.05, 3.63) is 29.8 Å². The Bertz CT molecular complexity index is 389. The second-order valence-corrected chi connectivity index (χ2v) is 5.80. The zero-order chi connectivity index (χ0) is 10.2. The van der Waals surface area contributed by atoms with E-state index in [2.05, 4.69) is 0 Å². The van der Waals surface area contributed by atoms with Crippen LogP contribution in [0.15, 0.2) is 24.3 Å². The van der Waals surface area contributed by atoms with Crippen molar-refractivity contribution in [2.45, 2.75) is 13.0 Å². The summed E-state index contributed by atoms with van der Waals surface area (Å²) in [5.74, 6) is 0. The van der Waals surface area contributed by atoms with Crippen LogP contribution in [0.5, 0.6) is 0 Å². The Morgan fingerprint density at radius 2 is 2.29 bits per heavy atom. The van der Waals surface area contributed by atoms with Crippen LogP contribution in [-0.4, -0.2) is 17.9 Å². The first-order chi connectivity index (χ1) is 6.67. The molecule has 0 radical (unpaired) electrons. The Morgan fingerprint density at radius 1 is 1.57 bits per heavy atom. The van der Waals surface area contributed by atoms with Crippen molar-refractivity contribution in [1.29, 1.82) is 0 Å². The van der Waals surface area contributed by atoms with Gasteiger partial charge in [-0.2, -0.15) is 0 Å². The maximum absolute atomic E-state index is 12.3. The largest absolute Gasteiger partial charge is 0.388 e. The minimum absolute atomic E-state index is 0.222. The zero-order valence-corrected chi connectivity index (χ0v) is 8.91. The SMILES string of the molecule is CCOP1(=O)CC(O)c2ccccc21. The highest BCUT2D eigenvalue weighted by molar-refractivity contribution is 7.67. The fourth-order valence-corrected chi connectivity index (χ4v) is 4.28. The molecule has 1 aliphatic rings. The van der Waals surface area contributed by atoms with Gasteiger partial charge in [0.15, 0.2) is 0 Å². The first-order valence-electron chi connectivity index (χ1n) is 4.68. The van der Waals surface area contributed by atoms with Crippen LogP contribution >= 0.6 is 7.37 Å². The minimum atomic E-state index is -2.77. The van der Waals surface area contributed by atoms with Crippen LogP contribution in [0.2, 0.25) is 0 Å². The van der Waals surface area contributed by atoms with Crippen molar-refractivity contribution in [1.82, 2.24) is 0 Å². The summed E-state index contributed by atoms with van der Waals surface area (Å²) in [6.45, 7) is 2.23. The number of hydrogen-bond donors (Lipinski definition) is 1. The van der Waals surface area contributed by atoms with Crippen LogP contribution in [0, 0.1) is 0 Å². The molecule has 0 saturated carbocycles. The first kappa shape index (κ1) is 9.91. The standard InChI is InChI=1S/C10H13O3P/c1-2-13-14(12)7-9(11)8-5-3-4-6-10(8)14/h3-6,9,11H,2,7H2,1H3. The average molecular weight is 212 g/mol. The second kappa shape index (κ2) is 3.50. The molecule has 2 atom stereocenters. The molecule has 0 saturated heterocycles. The van der Waals surface area contributed by atoms with Crippen LogP contribution < -0.4 is 5.30 Å². The maximum Gasteiger partial charge on any atom is 0.235 e. The van der Waals surface area contributed by atoms with Gasteiger partial charge in [-0.05, 0) is 18.6 Å². The summed E-state index contributed by atoms with van der Waals surface area (Å²) >= 11 is 0. The van der Waals surface area contributed by atoms with E-state index in [9.17, 15) is 9.67 Å². The molecule has 1 heterocycles. The van der Waals surface area contributed by atoms with E-state index in [0.717, 1.165) is 5.56 Å². The fourth-order valence-electron chi connectivity index (χ4n) is 1.83. The third-order valence-corrected chi connectivity index (χ3v) is 5.06. The van der Waals surface area contributed by atoms with Gasteiger partial charge in [-0.15, -0.1) is 0 Å². The number of aliphatic hydroxyl groups excluding tert-OH is 1. The summed E-state index contributed by atoms with van der Waals surface area (Å²) < 4.78 is 17.5.